The second-order valence-electron chi connectivity index (χ2n) is 5.80. The van der Waals surface area contributed by atoms with Gasteiger partial charge in [-0.25, -0.2) is 13.4 Å². The molecule has 2 aromatic rings. The van der Waals surface area contributed by atoms with Crippen molar-refractivity contribution in [3.63, 3.8) is 0 Å². The molecular weight excluding hydrogens is 334 g/mol. The minimum atomic E-state index is -3.00. The predicted octanol–water partition coefficient (Wildman–Crippen LogP) is 1.46. The van der Waals surface area contributed by atoms with Crippen molar-refractivity contribution >= 4 is 33.0 Å². The summed E-state index contributed by atoms with van der Waals surface area (Å²) < 4.78 is 25.1. The Labute approximate surface area is 139 Å². The summed E-state index contributed by atoms with van der Waals surface area (Å²) in [6.07, 6.45) is 4.20. The highest BCUT2D eigenvalue weighted by atomic mass is 32.2. The first-order chi connectivity index (χ1) is 10.9. The number of carbonyl (C=O) groups is 1. The molecule has 1 saturated heterocycles. The van der Waals surface area contributed by atoms with E-state index in [0.717, 1.165) is 10.7 Å². The molecule has 3 rings (SSSR count). The van der Waals surface area contributed by atoms with Gasteiger partial charge in [-0.05, 0) is 25.5 Å². The summed E-state index contributed by atoms with van der Waals surface area (Å²) in [5, 5.41) is 0.433. The largest absolute Gasteiger partial charge is 0.341 e. The van der Waals surface area contributed by atoms with Gasteiger partial charge < -0.3 is 4.90 Å². The molecule has 2 aromatic heterocycles. The van der Waals surface area contributed by atoms with Crippen LogP contribution in [0.5, 0.6) is 0 Å². The number of nitrogens with zero attached hydrogens (tertiary/aromatic N) is 3. The van der Waals surface area contributed by atoms with Crippen LogP contribution in [0.3, 0.4) is 0 Å². The molecule has 1 fully saturated rings. The second kappa shape index (κ2) is 6.16. The van der Waals surface area contributed by atoms with Gasteiger partial charge in [0.25, 0.3) is 0 Å². The molecule has 1 aliphatic heterocycles. The number of aromatic nitrogens is 2. The third kappa shape index (κ3) is 3.37. The molecule has 124 valence electrons. The molecule has 0 radical (unpaired) electrons. The third-order valence-corrected chi connectivity index (χ3v) is 6.96. The normalized spacial score (nSPS) is 21.4. The maximum absolute atomic E-state index is 12.6. The van der Waals surface area contributed by atoms with Crippen molar-refractivity contribution in [2.24, 2.45) is 0 Å². The molecule has 0 aromatic carbocycles. The Balaban J connectivity index is 1.70. The Morgan fingerprint density at radius 3 is 2.96 bits per heavy atom. The molecule has 23 heavy (non-hydrogen) atoms. The summed E-state index contributed by atoms with van der Waals surface area (Å²) in [5.41, 5.74) is 0.977. The SMILES string of the molecule is C[C@@H](Sc1ncc2ccccn12)C(=O)N(C)[C@@H]1CCS(=O)(=O)C1. The first-order valence-corrected chi connectivity index (χ1v) is 10.1. The quantitative estimate of drug-likeness (QED) is 0.778. The van der Waals surface area contributed by atoms with Crippen molar-refractivity contribution in [2.45, 2.75) is 29.8 Å². The van der Waals surface area contributed by atoms with Crippen LogP contribution < -0.4 is 0 Å². The van der Waals surface area contributed by atoms with Gasteiger partial charge >= 0.3 is 0 Å². The number of hydrogen-bond donors (Lipinski definition) is 0. The molecule has 8 heteroatoms. The summed E-state index contributed by atoms with van der Waals surface area (Å²) in [6, 6.07) is 5.60. The van der Waals surface area contributed by atoms with Crippen LogP contribution in [0.15, 0.2) is 35.7 Å². The molecule has 6 nitrogen and oxygen atoms in total. The topological polar surface area (TPSA) is 71.8 Å². The van der Waals surface area contributed by atoms with E-state index in [4.69, 9.17) is 0 Å². The highest BCUT2D eigenvalue weighted by Crippen LogP contribution is 2.26. The van der Waals surface area contributed by atoms with E-state index in [0.29, 0.717) is 6.42 Å². The van der Waals surface area contributed by atoms with E-state index in [9.17, 15) is 13.2 Å². The highest BCUT2D eigenvalue weighted by Gasteiger charge is 2.34. The Hall–Kier alpha value is -1.54. The van der Waals surface area contributed by atoms with Crippen LogP contribution in [0, 0.1) is 0 Å². The number of imidazole rings is 1. The van der Waals surface area contributed by atoms with Gasteiger partial charge in [-0.1, -0.05) is 17.8 Å². The summed E-state index contributed by atoms with van der Waals surface area (Å²) in [6.45, 7) is 1.83. The first-order valence-electron chi connectivity index (χ1n) is 7.43. The molecule has 2 atom stereocenters. The molecule has 0 bridgehead atoms. The number of sulfone groups is 1. The third-order valence-electron chi connectivity index (χ3n) is 4.14. The van der Waals surface area contributed by atoms with Crippen LogP contribution >= 0.6 is 11.8 Å². The van der Waals surface area contributed by atoms with Crippen LogP contribution in [-0.4, -0.2) is 58.5 Å². The van der Waals surface area contributed by atoms with Crippen molar-refractivity contribution in [3.05, 3.63) is 30.6 Å². The second-order valence-corrected chi connectivity index (χ2v) is 9.34. The lowest BCUT2D eigenvalue weighted by Crippen LogP contribution is -2.41. The number of hydrogen-bond acceptors (Lipinski definition) is 5. The molecule has 1 aliphatic rings. The molecule has 3 heterocycles. The average Bonchev–Trinajstić information content (AvgIpc) is 3.09. The minimum absolute atomic E-state index is 0.0650. The van der Waals surface area contributed by atoms with Crippen LogP contribution in [0.4, 0.5) is 0 Å². The Bertz CT molecular complexity index is 831. The number of rotatable bonds is 4. The van der Waals surface area contributed by atoms with Gasteiger partial charge in [-0.2, -0.15) is 0 Å². The van der Waals surface area contributed by atoms with Gasteiger partial charge in [-0.15, -0.1) is 0 Å². The fourth-order valence-corrected chi connectivity index (χ4v) is 5.51. The first kappa shape index (κ1) is 16.3. The zero-order chi connectivity index (χ0) is 16.6. The Morgan fingerprint density at radius 2 is 2.26 bits per heavy atom. The van der Waals surface area contributed by atoms with E-state index in [1.54, 1.807) is 18.1 Å². The van der Waals surface area contributed by atoms with E-state index in [1.807, 2.05) is 35.7 Å². The van der Waals surface area contributed by atoms with Gasteiger partial charge in [-0.3, -0.25) is 9.20 Å². The number of fused-ring (bicyclic) bond motifs is 1. The van der Waals surface area contributed by atoms with Gasteiger partial charge in [0, 0.05) is 19.3 Å². The lowest BCUT2D eigenvalue weighted by atomic mass is 10.2. The van der Waals surface area contributed by atoms with Crippen LogP contribution in [-0.2, 0) is 14.6 Å². The van der Waals surface area contributed by atoms with Gasteiger partial charge in [0.05, 0.1) is 28.5 Å². The molecule has 0 aliphatic carbocycles. The summed E-state index contributed by atoms with van der Waals surface area (Å²) in [7, 11) is -1.31. The maximum Gasteiger partial charge on any atom is 0.235 e. The predicted molar refractivity (Wildman–Crippen MR) is 90.3 cm³/mol. The standard InChI is InChI=1S/C15H19N3O3S2/c1-11(14(19)17(2)13-6-8-23(20,21)10-13)22-15-16-9-12-5-3-4-7-18(12)15/h3-5,7,9,11,13H,6,8,10H2,1-2H3/t11-,13-/m1/s1. The highest BCUT2D eigenvalue weighted by molar-refractivity contribution is 8.00. The van der Waals surface area contributed by atoms with Crippen LogP contribution in [0.1, 0.15) is 13.3 Å². The van der Waals surface area contributed by atoms with Crippen molar-refractivity contribution < 1.29 is 13.2 Å². The number of thioether (sulfide) groups is 1. The lowest BCUT2D eigenvalue weighted by Gasteiger charge is -2.26. The lowest BCUT2D eigenvalue weighted by molar-refractivity contribution is -0.130. The number of pyridine rings is 1. The molecule has 1 amide bonds. The summed E-state index contributed by atoms with van der Waals surface area (Å²) in [5.74, 6) is 0.172. The smallest absolute Gasteiger partial charge is 0.235 e. The Morgan fingerprint density at radius 1 is 1.48 bits per heavy atom. The molecule has 0 unspecified atom stereocenters. The number of carbonyl (C=O) groups excluding carboxylic acids is 1. The summed E-state index contributed by atoms with van der Waals surface area (Å²) in [4.78, 5) is 18.5. The van der Waals surface area contributed by atoms with Crippen molar-refractivity contribution in [1.82, 2.24) is 14.3 Å². The fourth-order valence-electron chi connectivity index (χ4n) is 2.76. The monoisotopic (exact) mass is 353 g/mol. The van der Waals surface area contributed by atoms with E-state index in [1.165, 1.54) is 11.8 Å². The van der Waals surface area contributed by atoms with E-state index < -0.39 is 9.84 Å². The minimum Gasteiger partial charge on any atom is -0.341 e. The van der Waals surface area contributed by atoms with Crippen molar-refractivity contribution in [1.29, 1.82) is 0 Å². The molecule has 0 N–H and O–H groups in total. The van der Waals surface area contributed by atoms with E-state index in [-0.39, 0.29) is 28.7 Å². The van der Waals surface area contributed by atoms with Crippen molar-refractivity contribution in [3.8, 4) is 0 Å². The molecular formula is C15H19N3O3S2. The van der Waals surface area contributed by atoms with Crippen LogP contribution in [0.2, 0.25) is 0 Å². The maximum atomic E-state index is 12.6. The van der Waals surface area contributed by atoms with E-state index >= 15 is 0 Å². The zero-order valence-electron chi connectivity index (χ0n) is 13.0. The number of amides is 1. The van der Waals surface area contributed by atoms with Gasteiger partial charge in [0.1, 0.15) is 0 Å². The van der Waals surface area contributed by atoms with Crippen molar-refractivity contribution in [2.75, 3.05) is 18.6 Å². The Kier molecular flexibility index (Phi) is 4.37. The average molecular weight is 353 g/mol. The summed E-state index contributed by atoms with van der Waals surface area (Å²) >= 11 is 1.39. The zero-order valence-corrected chi connectivity index (χ0v) is 14.7. The van der Waals surface area contributed by atoms with E-state index in [2.05, 4.69) is 4.98 Å². The molecule has 0 spiro atoms. The molecule has 0 saturated carbocycles. The van der Waals surface area contributed by atoms with Gasteiger partial charge in [0.2, 0.25) is 5.91 Å². The van der Waals surface area contributed by atoms with Crippen LogP contribution in [0.25, 0.3) is 5.52 Å². The van der Waals surface area contributed by atoms with Gasteiger partial charge in [0.15, 0.2) is 15.0 Å². The fraction of sp³-hybridized carbons (Fsp3) is 0.467.